The topological polar surface area (TPSA) is 63.2 Å². The Kier molecular flexibility index (Phi) is 5.67. The molecule has 0 saturated heterocycles. The number of nitrogens with zero attached hydrogens (tertiary/aromatic N) is 1. The van der Waals surface area contributed by atoms with Crippen molar-refractivity contribution in [3.8, 4) is 5.75 Å². The van der Waals surface area contributed by atoms with E-state index in [-0.39, 0.29) is 6.03 Å². The lowest BCUT2D eigenvalue weighted by atomic mass is 10.1. The van der Waals surface area contributed by atoms with Gasteiger partial charge in [0, 0.05) is 18.4 Å². The number of hydrogen-bond acceptors (Lipinski definition) is 3. The molecule has 0 aliphatic heterocycles. The monoisotopic (exact) mass is 383 g/mol. The molecule has 0 spiro atoms. The summed E-state index contributed by atoms with van der Waals surface area (Å²) in [5.74, 6) is 0.764. The summed E-state index contributed by atoms with van der Waals surface area (Å²) < 4.78 is 5.72. The Morgan fingerprint density at radius 2 is 1.66 bits per heavy atom. The number of amides is 2. The lowest BCUT2D eigenvalue weighted by molar-refractivity contribution is 0.251. The number of anilines is 1. The van der Waals surface area contributed by atoms with E-state index in [1.54, 1.807) is 6.20 Å². The predicted molar refractivity (Wildman–Crippen MR) is 115 cm³/mol. The van der Waals surface area contributed by atoms with E-state index in [2.05, 4.69) is 15.6 Å². The van der Waals surface area contributed by atoms with E-state index < -0.39 is 0 Å². The first kappa shape index (κ1) is 18.5. The van der Waals surface area contributed by atoms with E-state index in [1.165, 1.54) is 0 Å². The number of nitrogens with one attached hydrogen (secondary N) is 2. The van der Waals surface area contributed by atoms with Gasteiger partial charge in [0.1, 0.15) is 12.4 Å². The normalized spacial score (nSPS) is 10.5. The number of carbonyl (C=O) groups is 1. The Morgan fingerprint density at radius 1 is 0.862 bits per heavy atom. The summed E-state index contributed by atoms with van der Waals surface area (Å²) in [6, 6.07) is 27.0. The van der Waals surface area contributed by atoms with Gasteiger partial charge in [0.15, 0.2) is 0 Å². The number of urea groups is 1. The molecule has 4 aromatic rings. The molecule has 2 amide bonds. The van der Waals surface area contributed by atoms with Crippen molar-refractivity contribution in [2.75, 3.05) is 5.32 Å². The van der Waals surface area contributed by atoms with E-state index in [9.17, 15) is 4.79 Å². The molecule has 1 aromatic heterocycles. The second-order valence-electron chi connectivity index (χ2n) is 6.62. The molecule has 0 aliphatic carbocycles. The molecule has 29 heavy (non-hydrogen) atoms. The summed E-state index contributed by atoms with van der Waals surface area (Å²) >= 11 is 0. The largest absolute Gasteiger partial charge is 0.487 e. The maximum atomic E-state index is 12.2. The van der Waals surface area contributed by atoms with Crippen molar-refractivity contribution in [2.45, 2.75) is 13.2 Å². The van der Waals surface area contributed by atoms with Gasteiger partial charge in [-0.1, -0.05) is 48.5 Å². The van der Waals surface area contributed by atoms with Crippen molar-refractivity contribution in [3.63, 3.8) is 0 Å². The van der Waals surface area contributed by atoms with E-state index in [0.29, 0.717) is 13.2 Å². The molecule has 0 radical (unpaired) electrons. The minimum Gasteiger partial charge on any atom is -0.487 e. The van der Waals surface area contributed by atoms with Crippen LogP contribution in [0.15, 0.2) is 91.1 Å². The second kappa shape index (κ2) is 8.89. The third-order valence-electron chi connectivity index (χ3n) is 4.50. The van der Waals surface area contributed by atoms with Crippen molar-refractivity contribution < 1.29 is 9.53 Å². The number of carbonyl (C=O) groups excluding carboxylic acids is 1. The van der Waals surface area contributed by atoms with Crippen LogP contribution in [0.5, 0.6) is 5.75 Å². The average molecular weight is 383 g/mol. The number of benzene rings is 3. The fraction of sp³-hybridized carbons (Fsp3) is 0.0833. The first-order chi connectivity index (χ1) is 14.3. The zero-order valence-electron chi connectivity index (χ0n) is 15.8. The Labute approximate surface area is 169 Å². The first-order valence-corrected chi connectivity index (χ1v) is 9.41. The molecule has 0 bridgehead atoms. The number of hydrogen-bond donors (Lipinski definition) is 2. The predicted octanol–water partition coefficient (Wildman–Crippen LogP) is 5.14. The SMILES string of the molecule is O=C(NCc1ccc(OCc2ccccn2)cc1)Nc1ccc2ccccc2c1. The molecule has 4 rings (SSSR count). The van der Waals surface area contributed by atoms with Gasteiger partial charge in [-0.25, -0.2) is 4.79 Å². The van der Waals surface area contributed by atoms with Crippen LogP contribution >= 0.6 is 0 Å². The van der Waals surface area contributed by atoms with Crippen LogP contribution in [0.25, 0.3) is 10.8 Å². The standard InChI is InChI=1S/C24H21N3O2/c28-24(27-21-11-10-19-5-1-2-6-20(19)15-21)26-16-18-8-12-23(13-9-18)29-17-22-7-3-4-14-25-22/h1-15H,16-17H2,(H2,26,27,28). The maximum absolute atomic E-state index is 12.2. The van der Waals surface area contributed by atoms with Gasteiger partial charge in [-0.2, -0.15) is 0 Å². The Bertz CT molecular complexity index is 1100. The highest BCUT2D eigenvalue weighted by Gasteiger charge is 2.03. The van der Waals surface area contributed by atoms with Gasteiger partial charge in [0.25, 0.3) is 0 Å². The maximum Gasteiger partial charge on any atom is 0.319 e. The zero-order chi connectivity index (χ0) is 19.9. The highest BCUT2D eigenvalue weighted by Crippen LogP contribution is 2.19. The molecule has 0 aliphatic rings. The van der Waals surface area contributed by atoms with Crippen LogP contribution in [0, 0.1) is 0 Å². The third kappa shape index (κ3) is 5.11. The van der Waals surface area contributed by atoms with Crippen LogP contribution in [0.2, 0.25) is 0 Å². The molecule has 0 unspecified atom stereocenters. The van der Waals surface area contributed by atoms with Crippen LogP contribution in [-0.4, -0.2) is 11.0 Å². The minimum absolute atomic E-state index is 0.240. The van der Waals surface area contributed by atoms with Crippen molar-refractivity contribution in [3.05, 3.63) is 102 Å². The Balaban J connectivity index is 1.27. The summed E-state index contributed by atoms with van der Waals surface area (Å²) in [5, 5.41) is 7.98. The highest BCUT2D eigenvalue weighted by molar-refractivity contribution is 5.93. The van der Waals surface area contributed by atoms with E-state index in [1.807, 2.05) is 84.9 Å². The molecule has 0 saturated carbocycles. The molecule has 0 fully saturated rings. The third-order valence-corrected chi connectivity index (χ3v) is 4.50. The molecule has 2 N–H and O–H groups in total. The van der Waals surface area contributed by atoms with E-state index >= 15 is 0 Å². The van der Waals surface area contributed by atoms with Crippen molar-refractivity contribution >= 4 is 22.5 Å². The summed E-state index contributed by atoms with van der Waals surface area (Å²) in [7, 11) is 0. The summed E-state index contributed by atoms with van der Waals surface area (Å²) in [4.78, 5) is 16.4. The van der Waals surface area contributed by atoms with E-state index in [4.69, 9.17) is 4.74 Å². The van der Waals surface area contributed by atoms with Gasteiger partial charge in [-0.05, 0) is 52.7 Å². The van der Waals surface area contributed by atoms with E-state index in [0.717, 1.165) is 33.5 Å². The van der Waals surface area contributed by atoms with Crippen LogP contribution in [-0.2, 0) is 13.2 Å². The van der Waals surface area contributed by atoms with Crippen LogP contribution in [0.1, 0.15) is 11.3 Å². The van der Waals surface area contributed by atoms with Gasteiger partial charge < -0.3 is 15.4 Å². The minimum atomic E-state index is -0.240. The molecule has 5 heteroatoms. The Morgan fingerprint density at radius 3 is 2.45 bits per heavy atom. The summed E-state index contributed by atoms with van der Waals surface area (Å²) in [6.07, 6.45) is 1.75. The van der Waals surface area contributed by atoms with Gasteiger partial charge in [-0.15, -0.1) is 0 Å². The van der Waals surface area contributed by atoms with Gasteiger partial charge in [0.05, 0.1) is 5.69 Å². The molecular formula is C24H21N3O2. The lowest BCUT2D eigenvalue weighted by Crippen LogP contribution is -2.28. The van der Waals surface area contributed by atoms with Gasteiger partial charge >= 0.3 is 6.03 Å². The molecule has 0 atom stereocenters. The van der Waals surface area contributed by atoms with Crippen molar-refractivity contribution in [1.29, 1.82) is 0 Å². The number of pyridine rings is 1. The molecular weight excluding hydrogens is 362 g/mol. The van der Waals surface area contributed by atoms with Gasteiger partial charge in [-0.3, -0.25) is 4.98 Å². The lowest BCUT2D eigenvalue weighted by Gasteiger charge is -2.10. The molecule has 5 nitrogen and oxygen atoms in total. The summed E-state index contributed by atoms with van der Waals surface area (Å²) in [6.45, 7) is 0.854. The first-order valence-electron chi connectivity index (χ1n) is 9.41. The van der Waals surface area contributed by atoms with Crippen LogP contribution in [0.3, 0.4) is 0 Å². The molecule has 1 heterocycles. The van der Waals surface area contributed by atoms with Crippen LogP contribution in [0.4, 0.5) is 10.5 Å². The number of fused-ring (bicyclic) bond motifs is 1. The Hall–Kier alpha value is -3.86. The quantitative estimate of drug-likeness (QED) is 0.485. The fourth-order valence-electron chi connectivity index (χ4n) is 2.97. The number of ether oxygens (including phenoxy) is 1. The number of aromatic nitrogens is 1. The van der Waals surface area contributed by atoms with Crippen molar-refractivity contribution in [2.24, 2.45) is 0 Å². The van der Waals surface area contributed by atoms with Gasteiger partial charge in [0.2, 0.25) is 0 Å². The van der Waals surface area contributed by atoms with Crippen molar-refractivity contribution in [1.82, 2.24) is 10.3 Å². The molecule has 3 aromatic carbocycles. The average Bonchev–Trinajstić information content (AvgIpc) is 2.77. The smallest absolute Gasteiger partial charge is 0.319 e. The number of rotatable bonds is 6. The molecule has 144 valence electrons. The zero-order valence-corrected chi connectivity index (χ0v) is 15.8. The van der Waals surface area contributed by atoms with Crippen LogP contribution < -0.4 is 15.4 Å². The highest BCUT2D eigenvalue weighted by atomic mass is 16.5. The second-order valence-corrected chi connectivity index (χ2v) is 6.62. The summed E-state index contributed by atoms with van der Waals surface area (Å²) in [5.41, 5.74) is 2.63. The fourth-order valence-corrected chi connectivity index (χ4v) is 2.97.